The van der Waals surface area contributed by atoms with E-state index in [1.165, 1.54) is 0 Å². The highest BCUT2D eigenvalue weighted by atomic mass is 79.9. The van der Waals surface area contributed by atoms with Gasteiger partial charge in [0, 0.05) is 15.7 Å². The number of esters is 1. The second-order valence-corrected chi connectivity index (χ2v) is 5.17. The molecule has 0 aliphatic rings. The van der Waals surface area contributed by atoms with Crippen LogP contribution in [0.15, 0.2) is 53.0 Å². The molecule has 0 fully saturated rings. The SMILES string of the molecule is CCOC(=O)c1ccc(NC(=O)c2ccc(Br)cc2)cc1. The summed E-state index contributed by atoms with van der Waals surface area (Å²) in [6, 6.07) is 13.6. The molecular weight excluding hydrogens is 334 g/mol. The van der Waals surface area contributed by atoms with Gasteiger partial charge in [-0.2, -0.15) is 0 Å². The largest absolute Gasteiger partial charge is 0.462 e. The van der Waals surface area contributed by atoms with E-state index in [9.17, 15) is 9.59 Å². The third-order valence-electron chi connectivity index (χ3n) is 2.76. The zero-order chi connectivity index (χ0) is 15.2. The molecule has 2 aromatic rings. The first kappa shape index (κ1) is 15.3. The minimum absolute atomic E-state index is 0.202. The van der Waals surface area contributed by atoms with Crippen LogP contribution in [0.2, 0.25) is 0 Å². The van der Waals surface area contributed by atoms with Crippen molar-refractivity contribution in [1.82, 2.24) is 0 Å². The fraction of sp³-hybridized carbons (Fsp3) is 0.125. The lowest BCUT2D eigenvalue weighted by Crippen LogP contribution is -2.12. The summed E-state index contributed by atoms with van der Waals surface area (Å²) in [6.45, 7) is 2.09. The van der Waals surface area contributed by atoms with Crippen LogP contribution >= 0.6 is 15.9 Å². The van der Waals surface area contributed by atoms with Crippen LogP contribution in [0.5, 0.6) is 0 Å². The van der Waals surface area contributed by atoms with Gasteiger partial charge in [0.25, 0.3) is 5.91 Å². The van der Waals surface area contributed by atoms with Gasteiger partial charge in [0.15, 0.2) is 0 Å². The van der Waals surface area contributed by atoms with Crippen molar-refractivity contribution in [1.29, 1.82) is 0 Å². The first-order chi connectivity index (χ1) is 10.1. The van der Waals surface area contributed by atoms with Gasteiger partial charge in [-0.05, 0) is 55.5 Å². The molecule has 108 valence electrons. The molecule has 1 amide bonds. The molecule has 0 bridgehead atoms. The molecule has 0 heterocycles. The monoisotopic (exact) mass is 347 g/mol. The number of halogens is 1. The van der Waals surface area contributed by atoms with E-state index in [0.717, 1.165) is 4.47 Å². The average molecular weight is 348 g/mol. The van der Waals surface area contributed by atoms with Crippen LogP contribution in [0, 0.1) is 0 Å². The Hall–Kier alpha value is -2.14. The minimum atomic E-state index is -0.372. The van der Waals surface area contributed by atoms with E-state index in [2.05, 4.69) is 21.2 Å². The molecule has 0 spiro atoms. The zero-order valence-corrected chi connectivity index (χ0v) is 13.0. The van der Waals surface area contributed by atoms with E-state index in [0.29, 0.717) is 23.4 Å². The number of hydrogen-bond acceptors (Lipinski definition) is 3. The highest BCUT2D eigenvalue weighted by Crippen LogP contribution is 2.14. The van der Waals surface area contributed by atoms with Gasteiger partial charge in [-0.25, -0.2) is 4.79 Å². The third-order valence-corrected chi connectivity index (χ3v) is 3.29. The average Bonchev–Trinajstić information content (AvgIpc) is 2.49. The van der Waals surface area contributed by atoms with Crippen molar-refractivity contribution in [2.75, 3.05) is 11.9 Å². The molecular formula is C16H14BrNO3. The number of carbonyl (C=O) groups is 2. The standard InChI is InChI=1S/C16H14BrNO3/c1-2-21-16(20)12-5-9-14(10-6-12)18-15(19)11-3-7-13(17)8-4-11/h3-10H,2H2,1H3,(H,18,19). The lowest BCUT2D eigenvalue weighted by Gasteiger charge is -2.06. The molecule has 0 saturated heterocycles. The number of hydrogen-bond donors (Lipinski definition) is 1. The predicted molar refractivity (Wildman–Crippen MR) is 84.5 cm³/mol. The van der Waals surface area contributed by atoms with Crippen molar-refractivity contribution in [3.05, 3.63) is 64.1 Å². The van der Waals surface area contributed by atoms with Gasteiger partial charge in [0.2, 0.25) is 0 Å². The molecule has 0 unspecified atom stereocenters. The van der Waals surface area contributed by atoms with Crippen molar-refractivity contribution < 1.29 is 14.3 Å². The summed E-state index contributed by atoms with van der Waals surface area (Å²) in [5, 5.41) is 2.77. The number of anilines is 1. The van der Waals surface area contributed by atoms with Gasteiger partial charge < -0.3 is 10.1 Å². The van der Waals surface area contributed by atoms with Gasteiger partial charge >= 0.3 is 5.97 Å². The smallest absolute Gasteiger partial charge is 0.338 e. The van der Waals surface area contributed by atoms with Crippen LogP contribution in [-0.4, -0.2) is 18.5 Å². The number of benzene rings is 2. The lowest BCUT2D eigenvalue weighted by atomic mass is 10.2. The number of rotatable bonds is 4. The fourth-order valence-corrected chi connectivity index (χ4v) is 1.97. The quantitative estimate of drug-likeness (QED) is 0.854. The first-order valence-electron chi connectivity index (χ1n) is 6.44. The topological polar surface area (TPSA) is 55.4 Å². The van der Waals surface area contributed by atoms with Crippen molar-refractivity contribution >= 4 is 33.5 Å². The van der Waals surface area contributed by atoms with Gasteiger partial charge in [0.05, 0.1) is 12.2 Å². The molecule has 0 atom stereocenters. The molecule has 5 heteroatoms. The molecule has 2 aromatic carbocycles. The number of carbonyl (C=O) groups excluding carboxylic acids is 2. The molecule has 0 aromatic heterocycles. The van der Waals surface area contributed by atoms with Crippen molar-refractivity contribution in [3.63, 3.8) is 0 Å². The van der Waals surface area contributed by atoms with E-state index in [4.69, 9.17) is 4.74 Å². The summed E-state index contributed by atoms with van der Waals surface area (Å²) >= 11 is 3.32. The zero-order valence-electron chi connectivity index (χ0n) is 11.4. The van der Waals surface area contributed by atoms with Crippen LogP contribution in [0.25, 0.3) is 0 Å². The molecule has 2 rings (SSSR count). The minimum Gasteiger partial charge on any atom is -0.462 e. The van der Waals surface area contributed by atoms with Crippen LogP contribution < -0.4 is 5.32 Å². The maximum atomic E-state index is 12.0. The summed E-state index contributed by atoms with van der Waals surface area (Å²) in [7, 11) is 0. The van der Waals surface area contributed by atoms with Crippen LogP contribution in [0.4, 0.5) is 5.69 Å². The Morgan fingerprint density at radius 2 is 1.57 bits per heavy atom. The van der Waals surface area contributed by atoms with E-state index in [1.54, 1.807) is 55.5 Å². The number of nitrogens with one attached hydrogen (secondary N) is 1. The Morgan fingerprint density at radius 3 is 2.14 bits per heavy atom. The molecule has 0 radical (unpaired) electrons. The molecule has 0 aliphatic heterocycles. The molecule has 0 aliphatic carbocycles. The van der Waals surface area contributed by atoms with Gasteiger partial charge in [-0.1, -0.05) is 15.9 Å². The Bertz CT molecular complexity index is 636. The second kappa shape index (κ2) is 7.04. The van der Waals surface area contributed by atoms with Crippen molar-refractivity contribution in [3.8, 4) is 0 Å². The number of ether oxygens (including phenoxy) is 1. The third kappa shape index (κ3) is 4.16. The van der Waals surface area contributed by atoms with E-state index in [-0.39, 0.29) is 11.9 Å². The molecule has 21 heavy (non-hydrogen) atoms. The Kier molecular flexibility index (Phi) is 5.11. The summed E-state index contributed by atoms with van der Waals surface area (Å²) < 4.78 is 5.81. The van der Waals surface area contributed by atoms with Crippen molar-refractivity contribution in [2.24, 2.45) is 0 Å². The summed E-state index contributed by atoms with van der Waals surface area (Å²) in [6.07, 6.45) is 0. The maximum absolute atomic E-state index is 12.0. The Balaban J connectivity index is 2.04. The molecule has 1 N–H and O–H groups in total. The van der Waals surface area contributed by atoms with Crippen LogP contribution in [0.3, 0.4) is 0 Å². The highest BCUT2D eigenvalue weighted by molar-refractivity contribution is 9.10. The Labute approximate surface area is 131 Å². The fourth-order valence-electron chi connectivity index (χ4n) is 1.71. The number of amides is 1. The lowest BCUT2D eigenvalue weighted by molar-refractivity contribution is 0.0526. The van der Waals surface area contributed by atoms with Crippen LogP contribution in [-0.2, 0) is 4.74 Å². The summed E-state index contributed by atoms with van der Waals surface area (Å²) in [5.74, 6) is -0.574. The molecule has 0 saturated carbocycles. The van der Waals surface area contributed by atoms with Gasteiger partial charge in [-0.15, -0.1) is 0 Å². The first-order valence-corrected chi connectivity index (χ1v) is 7.23. The van der Waals surface area contributed by atoms with Crippen LogP contribution in [0.1, 0.15) is 27.6 Å². The maximum Gasteiger partial charge on any atom is 0.338 e. The van der Waals surface area contributed by atoms with Crippen molar-refractivity contribution in [2.45, 2.75) is 6.92 Å². The highest BCUT2D eigenvalue weighted by Gasteiger charge is 2.08. The van der Waals surface area contributed by atoms with Gasteiger partial charge in [-0.3, -0.25) is 4.79 Å². The normalized spacial score (nSPS) is 10.0. The Morgan fingerprint density at radius 1 is 1.00 bits per heavy atom. The van der Waals surface area contributed by atoms with E-state index < -0.39 is 0 Å². The summed E-state index contributed by atoms with van der Waals surface area (Å²) in [5.41, 5.74) is 1.64. The second-order valence-electron chi connectivity index (χ2n) is 4.26. The summed E-state index contributed by atoms with van der Waals surface area (Å²) in [4.78, 5) is 23.5. The predicted octanol–water partition coefficient (Wildman–Crippen LogP) is 3.88. The van der Waals surface area contributed by atoms with Gasteiger partial charge in [0.1, 0.15) is 0 Å². The van der Waals surface area contributed by atoms with E-state index >= 15 is 0 Å². The molecule has 4 nitrogen and oxygen atoms in total. The van der Waals surface area contributed by atoms with E-state index in [1.807, 2.05) is 0 Å².